The molecular weight excluding hydrogens is 416 g/mol. The van der Waals surface area contributed by atoms with Crippen LogP contribution in [0.4, 0.5) is 0 Å². The summed E-state index contributed by atoms with van der Waals surface area (Å²) in [6, 6.07) is 23.2. The maximum Gasteiger partial charge on any atom is 0.162 e. The second-order valence-corrected chi connectivity index (χ2v) is 7.95. The Bertz CT molecular complexity index is 1220. The third-order valence-electron chi connectivity index (χ3n) is 4.45. The zero-order chi connectivity index (χ0) is 20.9. The molecule has 0 aliphatic heterocycles. The lowest BCUT2D eigenvalue weighted by molar-refractivity contribution is 0.284. The van der Waals surface area contributed by atoms with Crippen LogP contribution in [0, 0.1) is 11.3 Å². The minimum absolute atomic E-state index is 0.379. The van der Waals surface area contributed by atoms with Gasteiger partial charge in [0.15, 0.2) is 11.5 Å². The molecule has 0 atom stereocenters. The third kappa shape index (κ3) is 4.46. The lowest BCUT2D eigenvalue weighted by Gasteiger charge is -2.12. The van der Waals surface area contributed by atoms with Gasteiger partial charge in [-0.05, 0) is 53.6 Å². The highest BCUT2D eigenvalue weighted by molar-refractivity contribution is 7.19. The number of benzene rings is 3. The molecule has 0 spiro atoms. The average molecular weight is 433 g/mol. The molecule has 3 aromatic carbocycles. The van der Waals surface area contributed by atoms with Gasteiger partial charge >= 0.3 is 0 Å². The van der Waals surface area contributed by atoms with Gasteiger partial charge in [-0.2, -0.15) is 5.26 Å². The molecule has 148 valence electrons. The maximum absolute atomic E-state index is 9.69. The number of thiazole rings is 1. The molecule has 0 aliphatic carbocycles. The van der Waals surface area contributed by atoms with Crippen LogP contribution in [0.1, 0.15) is 16.1 Å². The van der Waals surface area contributed by atoms with E-state index in [0.29, 0.717) is 33.7 Å². The molecule has 6 heteroatoms. The normalized spacial score (nSPS) is 11.3. The number of rotatable bonds is 6. The smallest absolute Gasteiger partial charge is 0.162 e. The Hall–Kier alpha value is -3.33. The summed E-state index contributed by atoms with van der Waals surface area (Å²) in [4.78, 5) is 4.58. The SMILES string of the molecule is COc1ccc(/C=C(/C#N)c2nc3ccccc3s2)cc1OCc1ccc(Cl)cc1. The first-order valence-electron chi connectivity index (χ1n) is 9.19. The number of hydrogen-bond acceptors (Lipinski definition) is 5. The van der Waals surface area contributed by atoms with Crippen LogP contribution in [0.2, 0.25) is 5.02 Å². The number of aromatic nitrogens is 1. The topological polar surface area (TPSA) is 55.1 Å². The minimum atomic E-state index is 0.379. The molecule has 0 radical (unpaired) electrons. The molecule has 0 bridgehead atoms. The van der Waals surface area contributed by atoms with Crippen LogP contribution in [0.3, 0.4) is 0 Å². The van der Waals surface area contributed by atoms with Gasteiger partial charge in [0, 0.05) is 5.02 Å². The van der Waals surface area contributed by atoms with Gasteiger partial charge in [-0.25, -0.2) is 4.98 Å². The number of allylic oxidation sites excluding steroid dienone is 1. The monoisotopic (exact) mass is 432 g/mol. The number of ether oxygens (including phenoxy) is 2. The van der Waals surface area contributed by atoms with Crippen LogP contribution in [-0.4, -0.2) is 12.1 Å². The summed E-state index contributed by atoms with van der Waals surface area (Å²) in [5, 5.41) is 11.1. The van der Waals surface area contributed by atoms with Gasteiger partial charge in [-0.15, -0.1) is 11.3 Å². The van der Waals surface area contributed by atoms with E-state index in [1.807, 2.05) is 72.8 Å². The maximum atomic E-state index is 9.69. The van der Waals surface area contributed by atoms with Gasteiger partial charge in [-0.1, -0.05) is 41.9 Å². The Morgan fingerprint density at radius 3 is 2.63 bits per heavy atom. The van der Waals surface area contributed by atoms with Crippen LogP contribution < -0.4 is 9.47 Å². The molecule has 0 amide bonds. The van der Waals surface area contributed by atoms with E-state index in [1.54, 1.807) is 7.11 Å². The molecule has 4 nitrogen and oxygen atoms in total. The van der Waals surface area contributed by atoms with E-state index in [-0.39, 0.29) is 0 Å². The van der Waals surface area contributed by atoms with E-state index in [1.165, 1.54) is 11.3 Å². The predicted molar refractivity (Wildman–Crippen MR) is 122 cm³/mol. The van der Waals surface area contributed by atoms with Crippen molar-refractivity contribution in [1.29, 1.82) is 5.26 Å². The first-order chi connectivity index (χ1) is 14.7. The molecule has 0 unspecified atom stereocenters. The summed E-state index contributed by atoms with van der Waals surface area (Å²) in [6.45, 7) is 0.379. The van der Waals surface area contributed by atoms with Crippen molar-refractivity contribution in [3.05, 3.63) is 87.9 Å². The fraction of sp³-hybridized carbons (Fsp3) is 0.0833. The second kappa shape index (κ2) is 9.00. The van der Waals surface area contributed by atoms with Gasteiger partial charge in [0.25, 0.3) is 0 Å². The molecule has 0 saturated heterocycles. The van der Waals surface area contributed by atoms with Crippen molar-refractivity contribution in [3.63, 3.8) is 0 Å². The predicted octanol–water partition coefficient (Wildman–Crippen LogP) is 6.60. The highest BCUT2D eigenvalue weighted by atomic mass is 35.5. The molecule has 0 aliphatic rings. The van der Waals surface area contributed by atoms with E-state index in [4.69, 9.17) is 21.1 Å². The van der Waals surface area contributed by atoms with E-state index in [2.05, 4.69) is 11.1 Å². The van der Waals surface area contributed by atoms with Crippen molar-refractivity contribution in [2.24, 2.45) is 0 Å². The Morgan fingerprint density at radius 2 is 1.90 bits per heavy atom. The lowest BCUT2D eigenvalue weighted by atomic mass is 10.1. The standard InChI is InChI=1S/C24H17ClN2O2S/c1-28-21-11-8-17(13-22(21)29-15-16-6-9-19(25)10-7-16)12-18(14-26)24-27-20-4-2-3-5-23(20)30-24/h2-13H,15H2,1H3/b18-12-. The van der Waals surface area contributed by atoms with Crippen molar-refractivity contribution >= 4 is 44.8 Å². The molecule has 1 heterocycles. The van der Waals surface area contributed by atoms with E-state index < -0.39 is 0 Å². The number of nitrogens with zero attached hydrogens (tertiary/aromatic N) is 2. The number of nitriles is 1. The van der Waals surface area contributed by atoms with Gasteiger partial charge < -0.3 is 9.47 Å². The molecule has 1 aromatic heterocycles. The van der Waals surface area contributed by atoms with Crippen LogP contribution >= 0.6 is 22.9 Å². The number of halogens is 1. The number of para-hydroxylation sites is 1. The molecule has 30 heavy (non-hydrogen) atoms. The molecule has 4 aromatic rings. The summed E-state index contributed by atoms with van der Waals surface area (Å²) in [7, 11) is 1.60. The Labute approximate surface area is 183 Å². The molecule has 0 N–H and O–H groups in total. The largest absolute Gasteiger partial charge is 0.493 e. The van der Waals surface area contributed by atoms with Crippen LogP contribution in [0.25, 0.3) is 21.9 Å². The van der Waals surface area contributed by atoms with Crippen LogP contribution in [-0.2, 0) is 6.61 Å². The number of hydrogen-bond donors (Lipinski definition) is 0. The van der Waals surface area contributed by atoms with Crippen LogP contribution in [0.15, 0.2) is 66.7 Å². The first-order valence-corrected chi connectivity index (χ1v) is 10.4. The Morgan fingerprint density at radius 1 is 1.10 bits per heavy atom. The summed E-state index contributed by atoms with van der Waals surface area (Å²) in [5.41, 5.74) is 3.22. The number of fused-ring (bicyclic) bond motifs is 1. The highest BCUT2D eigenvalue weighted by Crippen LogP contribution is 2.32. The van der Waals surface area contributed by atoms with E-state index >= 15 is 0 Å². The molecule has 4 rings (SSSR count). The van der Waals surface area contributed by atoms with Gasteiger partial charge in [0.05, 0.1) is 22.9 Å². The van der Waals surface area contributed by atoms with Gasteiger partial charge in [-0.3, -0.25) is 0 Å². The zero-order valence-corrected chi connectivity index (χ0v) is 17.7. The second-order valence-electron chi connectivity index (χ2n) is 6.48. The minimum Gasteiger partial charge on any atom is -0.493 e. The van der Waals surface area contributed by atoms with Crippen LogP contribution in [0.5, 0.6) is 11.5 Å². The molecule has 0 fully saturated rings. The average Bonchev–Trinajstić information content (AvgIpc) is 3.21. The van der Waals surface area contributed by atoms with E-state index in [0.717, 1.165) is 21.3 Å². The quantitative estimate of drug-likeness (QED) is 0.322. The van der Waals surface area contributed by atoms with Crippen molar-refractivity contribution in [2.75, 3.05) is 7.11 Å². The van der Waals surface area contributed by atoms with Crippen molar-refractivity contribution in [1.82, 2.24) is 4.98 Å². The highest BCUT2D eigenvalue weighted by Gasteiger charge is 2.10. The summed E-state index contributed by atoms with van der Waals surface area (Å²) in [6.07, 6.45) is 1.81. The zero-order valence-electron chi connectivity index (χ0n) is 16.1. The number of methoxy groups -OCH3 is 1. The first kappa shape index (κ1) is 20.0. The molecular formula is C24H17ClN2O2S. The van der Waals surface area contributed by atoms with E-state index in [9.17, 15) is 5.26 Å². The van der Waals surface area contributed by atoms with Gasteiger partial charge in [0.2, 0.25) is 0 Å². The summed E-state index contributed by atoms with van der Waals surface area (Å²) < 4.78 is 12.4. The summed E-state index contributed by atoms with van der Waals surface area (Å²) >= 11 is 7.44. The Balaban J connectivity index is 1.62. The van der Waals surface area contributed by atoms with Crippen molar-refractivity contribution < 1.29 is 9.47 Å². The fourth-order valence-electron chi connectivity index (χ4n) is 2.93. The Kier molecular flexibility index (Phi) is 5.99. The van der Waals surface area contributed by atoms with Crippen molar-refractivity contribution in [3.8, 4) is 17.6 Å². The third-order valence-corrected chi connectivity index (χ3v) is 5.77. The fourth-order valence-corrected chi connectivity index (χ4v) is 3.99. The summed E-state index contributed by atoms with van der Waals surface area (Å²) in [5.74, 6) is 1.22. The molecule has 0 saturated carbocycles. The van der Waals surface area contributed by atoms with Gasteiger partial charge in [0.1, 0.15) is 17.7 Å². The van der Waals surface area contributed by atoms with Crippen molar-refractivity contribution in [2.45, 2.75) is 6.61 Å². The lowest BCUT2D eigenvalue weighted by Crippen LogP contribution is -1.98.